The van der Waals surface area contributed by atoms with Gasteiger partial charge in [-0.2, -0.15) is 0 Å². The van der Waals surface area contributed by atoms with Crippen LogP contribution < -0.4 is 0 Å². The fourth-order valence-corrected chi connectivity index (χ4v) is 5.73. The molecule has 4 aromatic rings. The third-order valence-electron chi connectivity index (χ3n) is 7.31. The van der Waals surface area contributed by atoms with Gasteiger partial charge in [-0.3, -0.25) is 9.59 Å². The average Bonchev–Trinajstić information content (AvgIpc) is 3.24. The van der Waals surface area contributed by atoms with Crippen LogP contribution in [-0.2, 0) is 26.3 Å². The van der Waals surface area contributed by atoms with E-state index < -0.39 is 0 Å². The van der Waals surface area contributed by atoms with Crippen LogP contribution in [0.25, 0.3) is 22.1 Å². The van der Waals surface area contributed by atoms with Gasteiger partial charge in [0, 0.05) is 25.0 Å². The number of nitrogens with zero attached hydrogens (tertiary/aromatic N) is 5. The van der Waals surface area contributed by atoms with E-state index in [0.717, 1.165) is 22.1 Å². The van der Waals surface area contributed by atoms with Crippen LogP contribution in [0, 0.1) is 5.92 Å². The number of aromatic nitrogens is 4. The minimum absolute atomic E-state index is 0.0190. The van der Waals surface area contributed by atoms with Gasteiger partial charge in [-0.05, 0) is 42.4 Å². The molecular weight excluding hydrogens is 510 g/mol. The molecule has 0 saturated carbocycles. The van der Waals surface area contributed by atoms with Crippen molar-refractivity contribution in [1.82, 2.24) is 24.6 Å². The molecule has 0 atom stereocenters. The lowest BCUT2D eigenvalue weighted by Gasteiger charge is -2.30. The molecule has 5 rings (SSSR count). The number of ether oxygens (including phenoxy) is 1. The van der Waals surface area contributed by atoms with Gasteiger partial charge in [0.25, 0.3) is 0 Å². The number of hydrogen-bond acceptors (Lipinski definition) is 7. The number of rotatable bonds is 7. The first-order valence-electron chi connectivity index (χ1n) is 13.5. The minimum atomic E-state index is -0.160. The lowest BCUT2D eigenvalue weighted by molar-refractivity contribution is -0.151. The normalized spacial score (nSPS) is 14.7. The summed E-state index contributed by atoms with van der Waals surface area (Å²) in [7, 11) is 0. The summed E-state index contributed by atoms with van der Waals surface area (Å²) in [5.41, 5.74) is 5.15. The Hall–Kier alpha value is -3.46. The predicted molar refractivity (Wildman–Crippen MR) is 154 cm³/mol. The molecular formula is C30H35N5O3S. The first-order valence-corrected chi connectivity index (χ1v) is 14.5. The van der Waals surface area contributed by atoms with E-state index in [1.54, 1.807) is 0 Å². The highest BCUT2D eigenvalue weighted by Crippen LogP contribution is 2.29. The van der Waals surface area contributed by atoms with Gasteiger partial charge in [-0.15, -0.1) is 10.2 Å². The van der Waals surface area contributed by atoms with Gasteiger partial charge in [0.2, 0.25) is 11.1 Å². The van der Waals surface area contributed by atoms with Crippen molar-refractivity contribution in [2.45, 2.75) is 57.7 Å². The fourth-order valence-electron chi connectivity index (χ4n) is 5.05. The largest absolute Gasteiger partial charge is 0.466 e. The Labute approximate surface area is 233 Å². The van der Waals surface area contributed by atoms with Crippen molar-refractivity contribution >= 4 is 45.7 Å². The highest BCUT2D eigenvalue weighted by molar-refractivity contribution is 7.99. The maximum atomic E-state index is 12.9. The summed E-state index contributed by atoms with van der Waals surface area (Å²) in [6, 6.07) is 16.9. The van der Waals surface area contributed by atoms with Crippen molar-refractivity contribution < 1.29 is 14.3 Å². The molecule has 0 bridgehead atoms. The van der Waals surface area contributed by atoms with Crippen LogP contribution in [0.5, 0.6) is 0 Å². The molecule has 2 aromatic heterocycles. The molecule has 0 N–H and O–H groups in total. The second kappa shape index (κ2) is 11.3. The molecule has 1 aliphatic heterocycles. The standard InChI is InChI=1S/C30H35N5O3S/c1-5-38-28(37)21-14-16-34(17-15-21)25(36)19-39-29-31-27-26(32-33-29)23-8-6-7-9-24(23)35(27)18-20-10-12-22(13-11-20)30(2,3)4/h6-13,21H,5,14-19H2,1-4H3. The van der Waals surface area contributed by atoms with E-state index in [4.69, 9.17) is 9.72 Å². The second-order valence-corrected chi connectivity index (χ2v) is 12.0. The van der Waals surface area contributed by atoms with E-state index in [2.05, 4.69) is 65.9 Å². The number of likely N-dealkylation sites (tertiary alicyclic amines) is 1. The van der Waals surface area contributed by atoms with Crippen LogP contribution in [0.4, 0.5) is 0 Å². The van der Waals surface area contributed by atoms with Crippen LogP contribution in [0.2, 0.25) is 0 Å². The number of amides is 1. The third-order valence-corrected chi connectivity index (χ3v) is 8.13. The summed E-state index contributed by atoms with van der Waals surface area (Å²) >= 11 is 1.30. The van der Waals surface area contributed by atoms with E-state index in [1.807, 2.05) is 30.0 Å². The van der Waals surface area contributed by atoms with E-state index in [9.17, 15) is 9.59 Å². The zero-order valence-corrected chi connectivity index (χ0v) is 23.8. The van der Waals surface area contributed by atoms with E-state index in [-0.39, 0.29) is 29.0 Å². The minimum Gasteiger partial charge on any atom is -0.466 e. The molecule has 39 heavy (non-hydrogen) atoms. The van der Waals surface area contributed by atoms with Gasteiger partial charge in [-0.25, -0.2) is 4.98 Å². The Bertz CT molecular complexity index is 1480. The molecule has 0 spiro atoms. The first-order chi connectivity index (χ1) is 18.7. The number of carbonyl (C=O) groups excluding carboxylic acids is 2. The highest BCUT2D eigenvalue weighted by atomic mass is 32.2. The van der Waals surface area contributed by atoms with Gasteiger partial charge in [-0.1, -0.05) is 75.0 Å². The van der Waals surface area contributed by atoms with Crippen molar-refractivity contribution in [3.8, 4) is 0 Å². The molecule has 0 aliphatic carbocycles. The number of esters is 1. The maximum Gasteiger partial charge on any atom is 0.309 e. The SMILES string of the molecule is CCOC(=O)C1CCN(C(=O)CSc2nnc3c4ccccc4n(Cc4ccc(C(C)(C)C)cc4)c3n2)CC1. The molecule has 1 aliphatic rings. The van der Waals surface area contributed by atoms with Crippen LogP contribution in [0.15, 0.2) is 53.7 Å². The van der Waals surface area contributed by atoms with Gasteiger partial charge >= 0.3 is 5.97 Å². The quantitative estimate of drug-likeness (QED) is 0.232. The van der Waals surface area contributed by atoms with Gasteiger partial charge in [0.05, 0.1) is 23.8 Å². The average molecular weight is 546 g/mol. The molecule has 204 valence electrons. The maximum absolute atomic E-state index is 12.9. The molecule has 9 heteroatoms. The molecule has 2 aromatic carbocycles. The summed E-state index contributed by atoms with van der Waals surface area (Å²) < 4.78 is 7.31. The fraction of sp³-hybridized carbons (Fsp3) is 0.433. The Balaban J connectivity index is 1.32. The van der Waals surface area contributed by atoms with Crippen LogP contribution in [0.3, 0.4) is 0 Å². The predicted octanol–water partition coefficient (Wildman–Crippen LogP) is 5.22. The zero-order chi connectivity index (χ0) is 27.6. The van der Waals surface area contributed by atoms with Crippen molar-refractivity contribution in [3.05, 3.63) is 59.7 Å². The molecule has 1 amide bonds. The van der Waals surface area contributed by atoms with Gasteiger partial charge in [0.15, 0.2) is 5.65 Å². The van der Waals surface area contributed by atoms with Crippen LogP contribution in [-0.4, -0.2) is 62.0 Å². The van der Waals surface area contributed by atoms with Gasteiger partial charge in [0.1, 0.15) is 5.52 Å². The molecule has 0 radical (unpaired) electrons. The van der Waals surface area contributed by atoms with Crippen LogP contribution >= 0.6 is 11.8 Å². The van der Waals surface area contributed by atoms with Gasteiger partial charge < -0.3 is 14.2 Å². The number of piperidine rings is 1. The van der Waals surface area contributed by atoms with Crippen LogP contribution in [0.1, 0.15) is 51.7 Å². The zero-order valence-electron chi connectivity index (χ0n) is 23.0. The molecule has 0 unspecified atom stereocenters. The summed E-state index contributed by atoms with van der Waals surface area (Å²) in [5.74, 6) is -0.0351. The van der Waals surface area contributed by atoms with Crippen molar-refractivity contribution in [2.24, 2.45) is 5.92 Å². The number of benzene rings is 2. The second-order valence-electron chi connectivity index (χ2n) is 11.0. The van der Waals surface area contributed by atoms with Crippen molar-refractivity contribution in [3.63, 3.8) is 0 Å². The number of carbonyl (C=O) groups is 2. The Kier molecular flexibility index (Phi) is 7.88. The monoisotopic (exact) mass is 545 g/mol. The van der Waals surface area contributed by atoms with E-state index in [0.29, 0.717) is 44.2 Å². The van der Waals surface area contributed by atoms with Crippen molar-refractivity contribution in [1.29, 1.82) is 0 Å². The number of hydrogen-bond donors (Lipinski definition) is 0. The third kappa shape index (κ3) is 5.93. The molecule has 1 saturated heterocycles. The first kappa shape index (κ1) is 27.1. The topological polar surface area (TPSA) is 90.2 Å². The lowest BCUT2D eigenvalue weighted by Crippen LogP contribution is -2.41. The van der Waals surface area contributed by atoms with E-state index >= 15 is 0 Å². The highest BCUT2D eigenvalue weighted by Gasteiger charge is 2.28. The Morgan fingerprint density at radius 2 is 1.74 bits per heavy atom. The Morgan fingerprint density at radius 3 is 2.44 bits per heavy atom. The smallest absolute Gasteiger partial charge is 0.309 e. The number of thioether (sulfide) groups is 1. The van der Waals surface area contributed by atoms with E-state index in [1.165, 1.54) is 22.9 Å². The summed E-state index contributed by atoms with van der Waals surface area (Å²) in [5, 5.41) is 10.4. The summed E-state index contributed by atoms with van der Waals surface area (Å²) in [6.45, 7) is 10.6. The number of fused-ring (bicyclic) bond motifs is 3. The summed E-state index contributed by atoms with van der Waals surface area (Å²) in [4.78, 5) is 31.6. The molecule has 3 heterocycles. The lowest BCUT2D eigenvalue weighted by atomic mass is 9.87. The Morgan fingerprint density at radius 1 is 1.03 bits per heavy atom. The molecule has 8 nitrogen and oxygen atoms in total. The summed E-state index contributed by atoms with van der Waals surface area (Å²) in [6.07, 6.45) is 1.27. The van der Waals surface area contributed by atoms with Crippen molar-refractivity contribution in [2.75, 3.05) is 25.4 Å². The number of para-hydroxylation sites is 1. The molecule has 1 fully saturated rings.